The minimum atomic E-state index is -0.350. The van der Waals surface area contributed by atoms with E-state index >= 15 is 0 Å². The first-order chi connectivity index (χ1) is 13.0. The highest BCUT2D eigenvalue weighted by Crippen LogP contribution is 2.17. The van der Waals surface area contributed by atoms with Gasteiger partial charge < -0.3 is 10.6 Å². The molecule has 140 valence electrons. The molecule has 3 aromatic rings. The first kappa shape index (κ1) is 18.6. The Bertz CT molecular complexity index is 933. The van der Waals surface area contributed by atoms with E-state index in [0.717, 1.165) is 22.6 Å². The average Bonchev–Trinajstić information content (AvgIpc) is 3.05. The maximum absolute atomic E-state index is 12.4. The summed E-state index contributed by atoms with van der Waals surface area (Å²) in [5.74, 6) is 0.509. The van der Waals surface area contributed by atoms with Crippen molar-refractivity contribution in [3.63, 3.8) is 0 Å². The molecule has 1 unspecified atom stereocenters. The van der Waals surface area contributed by atoms with E-state index in [-0.39, 0.29) is 24.3 Å². The maximum atomic E-state index is 12.4. The number of fused-ring (bicyclic) bond motifs is 1. The van der Waals surface area contributed by atoms with Gasteiger partial charge in [0.25, 0.3) is 0 Å². The lowest BCUT2D eigenvalue weighted by atomic mass is 10.0. The zero-order valence-corrected chi connectivity index (χ0v) is 15.5. The number of rotatable bonds is 7. The van der Waals surface area contributed by atoms with E-state index in [9.17, 15) is 9.59 Å². The molecule has 1 atom stereocenters. The van der Waals surface area contributed by atoms with Crippen LogP contribution >= 0.6 is 0 Å². The van der Waals surface area contributed by atoms with Gasteiger partial charge in [-0.15, -0.1) is 10.2 Å². The monoisotopic (exact) mass is 365 g/mol. The third-order valence-corrected chi connectivity index (χ3v) is 4.30. The van der Waals surface area contributed by atoms with Crippen molar-refractivity contribution in [3.05, 3.63) is 65.6 Å². The Morgan fingerprint density at radius 3 is 2.63 bits per heavy atom. The summed E-state index contributed by atoms with van der Waals surface area (Å²) >= 11 is 0. The summed E-state index contributed by atoms with van der Waals surface area (Å²) in [6.45, 7) is 3.91. The Kier molecular flexibility index (Phi) is 5.80. The van der Waals surface area contributed by atoms with Gasteiger partial charge in [-0.3, -0.25) is 14.0 Å². The Labute approximate surface area is 157 Å². The number of hydrogen-bond acceptors (Lipinski definition) is 4. The van der Waals surface area contributed by atoms with Crippen LogP contribution in [0.1, 0.15) is 36.3 Å². The predicted octanol–water partition coefficient (Wildman–Crippen LogP) is 1.96. The van der Waals surface area contributed by atoms with E-state index in [1.54, 1.807) is 0 Å². The molecule has 1 aromatic carbocycles. The molecule has 0 saturated carbocycles. The molecule has 0 fully saturated rings. The highest BCUT2D eigenvalue weighted by Gasteiger charge is 2.17. The number of amides is 2. The molecule has 2 aromatic heterocycles. The third kappa shape index (κ3) is 4.91. The molecular formula is C20H23N5O2. The number of carbonyl (C=O) groups is 2. The summed E-state index contributed by atoms with van der Waals surface area (Å²) in [5, 5.41) is 14.0. The topological polar surface area (TPSA) is 88.4 Å². The molecular weight excluding hydrogens is 342 g/mol. The van der Waals surface area contributed by atoms with E-state index in [2.05, 4.69) is 20.8 Å². The molecule has 0 radical (unpaired) electrons. The van der Waals surface area contributed by atoms with Crippen LogP contribution in [-0.4, -0.2) is 33.0 Å². The van der Waals surface area contributed by atoms with Crippen molar-refractivity contribution >= 4 is 17.5 Å². The fraction of sp³-hybridized carbons (Fsp3) is 0.300. The Balaban J connectivity index is 1.57. The second-order valence-corrected chi connectivity index (χ2v) is 6.51. The summed E-state index contributed by atoms with van der Waals surface area (Å²) in [5.41, 5.74) is 2.82. The normalized spacial score (nSPS) is 11.9. The van der Waals surface area contributed by atoms with Crippen LogP contribution < -0.4 is 10.6 Å². The molecule has 0 bridgehead atoms. The molecule has 0 saturated heterocycles. The van der Waals surface area contributed by atoms with Crippen LogP contribution in [0.5, 0.6) is 0 Å². The van der Waals surface area contributed by atoms with Crippen molar-refractivity contribution in [2.45, 2.75) is 32.7 Å². The number of benzene rings is 1. The van der Waals surface area contributed by atoms with Gasteiger partial charge in [0.05, 0.1) is 12.5 Å². The van der Waals surface area contributed by atoms with Crippen molar-refractivity contribution in [1.29, 1.82) is 0 Å². The van der Waals surface area contributed by atoms with Gasteiger partial charge in [-0.1, -0.05) is 35.9 Å². The lowest BCUT2D eigenvalue weighted by Crippen LogP contribution is -2.33. The Morgan fingerprint density at radius 2 is 1.89 bits per heavy atom. The molecule has 0 aliphatic heterocycles. The number of hydrogen-bond donors (Lipinski definition) is 2. The molecule has 0 spiro atoms. The number of nitrogens with one attached hydrogen (secondary N) is 2. The van der Waals surface area contributed by atoms with Gasteiger partial charge in [0, 0.05) is 26.1 Å². The number of nitrogens with zero attached hydrogens (tertiary/aromatic N) is 3. The highest BCUT2D eigenvalue weighted by atomic mass is 16.2. The second-order valence-electron chi connectivity index (χ2n) is 6.51. The first-order valence-electron chi connectivity index (χ1n) is 8.92. The maximum Gasteiger partial charge on any atom is 0.222 e. The van der Waals surface area contributed by atoms with Crippen LogP contribution in [0.15, 0.2) is 48.7 Å². The number of pyridine rings is 1. The fourth-order valence-corrected chi connectivity index (χ4v) is 2.93. The minimum Gasteiger partial charge on any atom is -0.356 e. The van der Waals surface area contributed by atoms with Gasteiger partial charge in [0.15, 0.2) is 5.65 Å². The zero-order valence-electron chi connectivity index (χ0n) is 15.5. The van der Waals surface area contributed by atoms with E-state index in [1.165, 1.54) is 6.92 Å². The Morgan fingerprint density at radius 1 is 1.11 bits per heavy atom. The summed E-state index contributed by atoms with van der Waals surface area (Å²) in [6, 6.07) is 13.2. The Hall–Kier alpha value is -3.22. The number of aromatic nitrogens is 3. The molecule has 2 N–H and O–H groups in total. The van der Waals surface area contributed by atoms with Crippen molar-refractivity contribution < 1.29 is 9.59 Å². The lowest BCUT2D eigenvalue weighted by Gasteiger charge is -2.18. The summed E-state index contributed by atoms with van der Waals surface area (Å²) in [6.07, 6.45) is 2.66. The molecule has 27 heavy (non-hydrogen) atoms. The largest absolute Gasteiger partial charge is 0.356 e. The van der Waals surface area contributed by atoms with Crippen molar-refractivity contribution in [2.24, 2.45) is 0 Å². The first-order valence-corrected chi connectivity index (χ1v) is 8.92. The third-order valence-electron chi connectivity index (χ3n) is 4.30. The number of aryl methyl sites for hydroxylation is 1. The molecule has 3 rings (SSSR count). The van der Waals surface area contributed by atoms with Crippen molar-refractivity contribution in [3.8, 4) is 0 Å². The van der Waals surface area contributed by atoms with Crippen LogP contribution in [0.3, 0.4) is 0 Å². The highest BCUT2D eigenvalue weighted by molar-refractivity contribution is 5.79. The summed E-state index contributed by atoms with van der Waals surface area (Å²) < 4.78 is 1.90. The van der Waals surface area contributed by atoms with Crippen LogP contribution in [0.2, 0.25) is 0 Å². The van der Waals surface area contributed by atoms with Crippen LogP contribution in [-0.2, 0) is 16.0 Å². The molecule has 7 nitrogen and oxygen atoms in total. The van der Waals surface area contributed by atoms with Gasteiger partial charge in [-0.05, 0) is 24.6 Å². The van der Waals surface area contributed by atoms with Gasteiger partial charge in [-0.25, -0.2) is 0 Å². The summed E-state index contributed by atoms with van der Waals surface area (Å²) in [7, 11) is 0. The van der Waals surface area contributed by atoms with Gasteiger partial charge >= 0.3 is 0 Å². The molecule has 7 heteroatoms. The van der Waals surface area contributed by atoms with Gasteiger partial charge in [0.1, 0.15) is 5.82 Å². The molecule has 0 aliphatic carbocycles. The lowest BCUT2D eigenvalue weighted by molar-refractivity contribution is -0.122. The standard InChI is InChI=1S/C20H23N5O2/c1-14-6-8-16(9-7-14)17(22-15(2)26)13-20(27)21-11-10-19-24-23-18-5-3-4-12-25(18)19/h3-9,12,17H,10-11,13H2,1-2H3,(H,21,27)(H,22,26). The minimum absolute atomic E-state index is 0.122. The van der Waals surface area contributed by atoms with Gasteiger partial charge in [0.2, 0.25) is 11.8 Å². The predicted molar refractivity (Wildman–Crippen MR) is 102 cm³/mol. The average molecular weight is 365 g/mol. The van der Waals surface area contributed by atoms with Crippen LogP contribution in [0.25, 0.3) is 5.65 Å². The summed E-state index contributed by atoms with van der Waals surface area (Å²) in [4.78, 5) is 23.9. The van der Waals surface area contributed by atoms with Gasteiger partial charge in [-0.2, -0.15) is 0 Å². The van der Waals surface area contributed by atoms with E-state index in [0.29, 0.717) is 13.0 Å². The van der Waals surface area contributed by atoms with Crippen LogP contribution in [0.4, 0.5) is 0 Å². The molecule has 0 aliphatic rings. The van der Waals surface area contributed by atoms with Crippen molar-refractivity contribution in [2.75, 3.05) is 6.54 Å². The fourth-order valence-electron chi connectivity index (χ4n) is 2.93. The second kappa shape index (κ2) is 8.44. The zero-order chi connectivity index (χ0) is 19.2. The van der Waals surface area contributed by atoms with E-state index in [4.69, 9.17) is 0 Å². The smallest absolute Gasteiger partial charge is 0.222 e. The van der Waals surface area contributed by atoms with E-state index in [1.807, 2.05) is 60.0 Å². The quantitative estimate of drug-likeness (QED) is 0.670. The SMILES string of the molecule is CC(=O)NC(CC(=O)NCCc1nnc2ccccn12)c1ccc(C)cc1. The van der Waals surface area contributed by atoms with Crippen LogP contribution in [0, 0.1) is 6.92 Å². The molecule has 2 amide bonds. The van der Waals surface area contributed by atoms with Crippen molar-refractivity contribution in [1.82, 2.24) is 25.2 Å². The molecule has 2 heterocycles. The van der Waals surface area contributed by atoms with E-state index < -0.39 is 0 Å². The number of carbonyl (C=O) groups excluding carboxylic acids is 2.